The maximum atomic E-state index is 5.57. The molecule has 1 N–H and O–H groups in total. The van der Waals surface area contributed by atoms with Gasteiger partial charge in [0.2, 0.25) is 0 Å². The third-order valence-electron chi connectivity index (χ3n) is 2.22. The maximum absolute atomic E-state index is 5.57. The van der Waals surface area contributed by atoms with Crippen LogP contribution in [0.2, 0.25) is 0 Å². The summed E-state index contributed by atoms with van der Waals surface area (Å²) in [5.74, 6) is 0. The van der Waals surface area contributed by atoms with E-state index in [1.807, 2.05) is 0 Å². The van der Waals surface area contributed by atoms with E-state index >= 15 is 0 Å². The van der Waals surface area contributed by atoms with Gasteiger partial charge in [0.15, 0.2) is 0 Å². The summed E-state index contributed by atoms with van der Waals surface area (Å²) in [5.41, 5.74) is 3.88. The molecular weight excluding hydrogens is 186 g/mol. The Bertz CT molecular complexity index is 276. The Balaban J connectivity index is 2.31. The number of benzene rings is 1. The highest BCUT2D eigenvalue weighted by Crippen LogP contribution is 2.09. The number of rotatable bonds is 6. The van der Waals surface area contributed by atoms with Crippen molar-refractivity contribution in [1.82, 2.24) is 5.32 Å². The van der Waals surface area contributed by atoms with Crippen molar-refractivity contribution in [3.63, 3.8) is 0 Å². The molecule has 0 bridgehead atoms. The average Bonchev–Trinajstić information content (AvgIpc) is 2.16. The van der Waals surface area contributed by atoms with E-state index in [4.69, 9.17) is 4.74 Å². The van der Waals surface area contributed by atoms with Crippen molar-refractivity contribution < 1.29 is 4.74 Å². The summed E-state index contributed by atoms with van der Waals surface area (Å²) in [6.45, 7) is 9.77. The van der Waals surface area contributed by atoms with Gasteiger partial charge in [0, 0.05) is 6.54 Å². The Hall–Kier alpha value is -0.860. The van der Waals surface area contributed by atoms with Crippen molar-refractivity contribution in [2.24, 2.45) is 0 Å². The van der Waals surface area contributed by atoms with E-state index in [0.29, 0.717) is 6.61 Å². The minimum atomic E-state index is 0.716. The number of hydrogen-bond acceptors (Lipinski definition) is 2. The van der Waals surface area contributed by atoms with Gasteiger partial charge < -0.3 is 10.1 Å². The lowest BCUT2D eigenvalue weighted by molar-refractivity contribution is 0.123. The topological polar surface area (TPSA) is 21.3 Å². The zero-order valence-electron chi connectivity index (χ0n) is 9.97. The Kier molecular flexibility index (Phi) is 5.37. The van der Waals surface area contributed by atoms with Crippen LogP contribution >= 0.6 is 0 Å². The summed E-state index contributed by atoms with van der Waals surface area (Å²) >= 11 is 0. The highest BCUT2D eigenvalue weighted by Gasteiger charge is 1.96. The SMILES string of the molecule is CCNCCOCc1cc(C)cc(C)c1. The molecule has 0 heterocycles. The highest BCUT2D eigenvalue weighted by molar-refractivity contribution is 5.27. The van der Waals surface area contributed by atoms with Gasteiger partial charge in [-0.15, -0.1) is 0 Å². The number of ether oxygens (including phenoxy) is 1. The number of hydrogen-bond donors (Lipinski definition) is 1. The Morgan fingerprint density at radius 1 is 1.13 bits per heavy atom. The summed E-state index contributed by atoms with van der Waals surface area (Å²) in [6, 6.07) is 6.54. The largest absolute Gasteiger partial charge is 0.375 e. The molecule has 0 aliphatic carbocycles. The Morgan fingerprint density at radius 2 is 1.80 bits per heavy atom. The minimum absolute atomic E-state index is 0.716. The van der Waals surface area contributed by atoms with Crippen LogP contribution in [0, 0.1) is 13.8 Å². The first-order valence-electron chi connectivity index (χ1n) is 5.58. The summed E-state index contributed by atoms with van der Waals surface area (Å²) in [4.78, 5) is 0. The van der Waals surface area contributed by atoms with Crippen LogP contribution < -0.4 is 5.32 Å². The zero-order chi connectivity index (χ0) is 11.1. The first-order chi connectivity index (χ1) is 7.22. The third kappa shape index (κ3) is 4.96. The van der Waals surface area contributed by atoms with Gasteiger partial charge in [0.25, 0.3) is 0 Å². The summed E-state index contributed by atoms with van der Waals surface area (Å²) < 4.78 is 5.57. The molecule has 15 heavy (non-hydrogen) atoms. The van der Waals surface area contributed by atoms with Gasteiger partial charge >= 0.3 is 0 Å². The van der Waals surface area contributed by atoms with Gasteiger partial charge in [-0.1, -0.05) is 36.2 Å². The third-order valence-corrected chi connectivity index (χ3v) is 2.22. The van der Waals surface area contributed by atoms with Crippen molar-refractivity contribution in [3.05, 3.63) is 34.9 Å². The van der Waals surface area contributed by atoms with Gasteiger partial charge in [-0.25, -0.2) is 0 Å². The summed E-state index contributed by atoms with van der Waals surface area (Å²) in [5, 5.41) is 3.23. The summed E-state index contributed by atoms with van der Waals surface area (Å²) in [6.07, 6.45) is 0. The molecule has 0 aliphatic heterocycles. The van der Waals surface area contributed by atoms with E-state index in [1.165, 1.54) is 16.7 Å². The molecule has 0 aromatic heterocycles. The average molecular weight is 207 g/mol. The Labute approximate surface area is 92.6 Å². The van der Waals surface area contributed by atoms with Crippen LogP contribution in [-0.4, -0.2) is 19.7 Å². The molecule has 0 fully saturated rings. The molecule has 2 nitrogen and oxygen atoms in total. The number of likely N-dealkylation sites (N-methyl/N-ethyl adjacent to an activating group) is 1. The van der Waals surface area contributed by atoms with E-state index in [-0.39, 0.29) is 0 Å². The second-order valence-corrected chi connectivity index (χ2v) is 3.90. The molecule has 84 valence electrons. The van der Waals surface area contributed by atoms with E-state index in [9.17, 15) is 0 Å². The van der Waals surface area contributed by atoms with Crippen molar-refractivity contribution in [3.8, 4) is 0 Å². The lowest BCUT2D eigenvalue weighted by Gasteiger charge is -2.06. The van der Waals surface area contributed by atoms with Gasteiger partial charge in [-0.3, -0.25) is 0 Å². The molecule has 0 radical (unpaired) electrons. The van der Waals surface area contributed by atoms with Crippen LogP contribution in [0.25, 0.3) is 0 Å². The second kappa shape index (κ2) is 6.59. The minimum Gasteiger partial charge on any atom is -0.375 e. The first kappa shape index (κ1) is 12.2. The fourth-order valence-electron chi connectivity index (χ4n) is 1.66. The Morgan fingerprint density at radius 3 is 2.40 bits per heavy atom. The van der Waals surface area contributed by atoms with Crippen molar-refractivity contribution in [2.45, 2.75) is 27.4 Å². The van der Waals surface area contributed by atoms with Crippen LogP contribution in [0.1, 0.15) is 23.6 Å². The smallest absolute Gasteiger partial charge is 0.0717 e. The van der Waals surface area contributed by atoms with Gasteiger partial charge in [-0.2, -0.15) is 0 Å². The molecule has 1 aromatic rings. The van der Waals surface area contributed by atoms with E-state index < -0.39 is 0 Å². The van der Waals surface area contributed by atoms with Gasteiger partial charge in [0.1, 0.15) is 0 Å². The molecule has 0 saturated carbocycles. The van der Waals surface area contributed by atoms with Crippen LogP contribution in [0.5, 0.6) is 0 Å². The molecule has 0 spiro atoms. The van der Waals surface area contributed by atoms with Gasteiger partial charge in [0.05, 0.1) is 13.2 Å². The lowest BCUT2D eigenvalue weighted by Crippen LogP contribution is -2.18. The van der Waals surface area contributed by atoms with E-state index in [1.54, 1.807) is 0 Å². The van der Waals surface area contributed by atoms with Crippen LogP contribution in [0.3, 0.4) is 0 Å². The molecule has 0 atom stereocenters. The van der Waals surface area contributed by atoms with Gasteiger partial charge in [-0.05, 0) is 26.0 Å². The fourth-order valence-corrected chi connectivity index (χ4v) is 1.66. The van der Waals surface area contributed by atoms with Crippen LogP contribution in [0.4, 0.5) is 0 Å². The van der Waals surface area contributed by atoms with Crippen molar-refractivity contribution in [2.75, 3.05) is 19.7 Å². The number of nitrogens with one attached hydrogen (secondary N) is 1. The molecule has 1 aromatic carbocycles. The standard InChI is InChI=1S/C13H21NO/c1-4-14-5-6-15-10-13-8-11(2)7-12(3)9-13/h7-9,14H,4-6,10H2,1-3H3. The van der Waals surface area contributed by atoms with Crippen molar-refractivity contribution >= 4 is 0 Å². The molecule has 0 saturated heterocycles. The quantitative estimate of drug-likeness (QED) is 0.723. The molecule has 0 aliphatic rings. The fraction of sp³-hybridized carbons (Fsp3) is 0.538. The predicted molar refractivity (Wildman–Crippen MR) is 64.1 cm³/mol. The first-order valence-corrected chi connectivity index (χ1v) is 5.58. The zero-order valence-corrected chi connectivity index (χ0v) is 9.97. The normalized spacial score (nSPS) is 10.6. The molecular formula is C13H21NO. The molecule has 1 rings (SSSR count). The van der Waals surface area contributed by atoms with Crippen LogP contribution in [-0.2, 0) is 11.3 Å². The molecule has 0 amide bonds. The predicted octanol–water partition coefficient (Wildman–Crippen LogP) is 2.43. The number of aryl methyl sites for hydroxylation is 2. The maximum Gasteiger partial charge on any atom is 0.0717 e. The lowest BCUT2D eigenvalue weighted by atomic mass is 10.1. The van der Waals surface area contributed by atoms with E-state index in [2.05, 4.69) is 44.3 Å². The monoisotopic (exact) mass is 207 g/mol. The van der Waals surface area contributed by atoms with Crippen LogP contribution in [0.15, 0.2) is 18.2 Å². The van der Waals surface area contributed by atoms with E-state index in [0.717, 1.165) is 19.7 Å². The van der Waals surface area contributed by atoms with Crippen molar-refractivity contribution in [1.29, 1.82) is 0 Å². The molecule has 0 unspecified atom stereocenters. The summed E-state index contributed by atoms with van der Waals surface area (Å²) in [7, 11) is 0. The molecule has 2 heteroatoms. The second-order valence-electron chi connectivity index (χ2n) is 3.90. The highest BCUT2D eigenvalue weighted by atomic mass is 16.5.